The van der Waals surface area contributed by atoms with E-state index >= 15 is 0 Å². The third-order valence-electron chi connectivity index (χ3n) is 3.12. The summed E-state index contributed by atoms with van der Waals surface area (Å²) in [5, 5.41) is 9.21. The van der Waals surface area contributed by atoms with Crippen molar-refractivity contribution in [3.8, 4) is 11.5 Å². The van der Waals surface area contributed by atoms with Gasteiger partial charge in [0.2, 0.25) is 0 Å². The van der Waals surface area contributed by atoms with E-state index in [1.165, 1.54) is 26.4 Å². The van der Waals surface area contributed by atoms with Crippen LogP contribution in [0.2, 0.25) is 0 Å². The first kappa shape index (κ1) is 11.7. The Balaban J connectivity index is 2.60. The Labute approximate surface area is 98.0 Å². The first-order valence-electron chi connectivity index (χ1n) is 5.20. The quantitative estimate of drug-likeness (QED) is 0.874. The maximum Gasteiger partial charge on any atom is 0.314 e. The zero-order valence-corrected chi connectivity index (χ0v) is 9.62. The molecule has 0 atom stereocenters. The van der Waals surface area contributed by atoms with Gasteiger partial charge in [0.1, 0.15) is 5.82 Å². The maximum atomic E-state index is 13.4. The summed E-state index contributed by atoms with van der Waals surface area (Å²) in [5.74, 6) is -0.961. The molecule has 17 heavy (non-hydrogen) atoms. The second kappa shape index (κ2) is 3.91. The van der Waals surface area contributed by atoms with Crippen molar-refractivity contribution in [1.29, 1.82) is 0 Å². The van der Waals surface area contributed by atoms with Crippen molar-refractivity contribution < 1.29 is 23.8 Å². The summed E-state index contributed by atoms with van der Waals surface area (Å²) in [6.07, 6.45) is 0.983. The van der Waals surface area contributed by atoms with Crippen LogP contribution in [0.5, 0.6) is 11.5 Å². The summed E-state index contributed by atoms with van der Waals surface area (Å²) < 4.78 is 23.6. The maximum absolute atomic E-state index is 13.4. The van der Waals surface area contributed by atoms with Crippen LogP contribution in [0.25, 0.3) is 0 Å². The molecule has 0 unspecified atom stereocenters. The lowest BCUT2D eigenvalue weighted by Gasteiger charge is -2.17. The number of hydrogen-bond donors (Lipinski definition) is 1. The molecule has 0 aliphatic heterocycles. The van der Waals surface area contributed by atoms with Gasteiger partial charge in [-0.1, -0.05) is 0 Å². The molecule has 1 aromatic rings. The molecule has 0 amide bonds. The predicted molar refractivity (Wildman–Crippen MR) is 58.1 cm³/mol. The minimum absolute atomic E-state index is 0.218. The van der Waals surface area contributed by atoms with E-state index < -0.39 is 17.2 Å². The molecule has 1 aliphatic carbocycles. The fraction of sp³-hybridized carbons (Fsp3) is 0.417. The van der Waals surface area contributed by atoms with Crippen LogP contribution in [0.1, 0.15) is 18.4 Å². The molecule has 4 nitrogen and oxygen atoms in total. The Morgan fingerprint density at radius 3 is 2.41 bits per heavy atom. The molecule has 0 spiro atoms. The number of carboxylic acids is 1. The molecule has 2 rings (SSSR count). The van der Waals surface area contributed by atoms with Crippen molar-refractivity contribution in [2.24, 2.45) is 0 Å². The topological polar surface area (TPSA) is 55.8 Å². The summed E-state index contributed by atoms with van der Waals surface area (Å²) in [7, 11) is 2.80. The summed E-state index contributed by atoms with van der Waals surface area (Å²) in [6, 6.07) is 2.39. The van der Waals surface area contributed by atoms with Gasteiger partial charge < -0.3 is 14.6 Å². The summed E-state index contributed by atoms with van der Waals surface area (Å²) in [6.45, 7) is 0. The van der Waals surface area contributed by atoms with Crippen molar-refractivity contribution in [2.45, 2.75) is 18.3 Å². The third-order valence-corrected chi connectivity index (χ3v) is 3.12. The second-order valence-electron chi connectivity index (χ2n) is 4.08. The first-order chi connectivity index (χ1) is 8.05. The number of aliphatic carboxylic acids is 1. The Morgan fingerprint density at radius 2 is 2.00 bits per heavy atom. The van der Waals surface area contributed by atoms with E-state index in [-0.39, 0.29) is 5.75 Å². The van der Waals surface area contributed by atoms with Gasteiger partial charge in [-0.3, -0.25) is 4.79 Å². The average Bonchev–Trinajstić information content (AvgIpc) is 3.08. The van der Waals surface area contributed by atoms with Crippen LogP contribution >= 0.6 is 0 Å². The lowest BCUT2D eigenvalue weighted by molar-refractivity contribution is -0.140. The normalized spacial score (nSPS) is 16.4. The number of carbonyl (C=O) groups is 1. The third kappa shape index (κ3) is 1.71. The molecular weight excluding hydrogens is 227 g/mol. The smallest absolute Gasteiger partial charge is 0.314 e. The number of benzene rings is 1. The van der Waals surface area contributed by atoms with Crippen LogP contribution in [0, 0.1) is 5.82 Å². The lowest BCUT2D eigenvalue weighted by atomic mass is 9.94. The molecule has 1 saturated carbocycles. The van der Waals surface area contributed by atoms with Gasteiger partial charge in [-0.05, 0) is 18.9 Å². The fourth-order valence-electron chi connectivity index (χ4n) is 2.01. The molecule has 92 valence electrons. The van der Waals surface area contributed by atoms with Gasteiger partial charge >= 0.3 is 5.97 Å². The first-order valence-corrected chi connectivity index (χ1v) is 5.20. The summed E-state index contributed by atoms with van der Waals surface area (Å²) >= 11 is 0. The molecule has 0 aromatic heterocycles. The molecule has 1 aromatic carbocycles. The zero-order valence-electron chi connectivity index (χ0n) is 9.62. The standard InChI is InChI=1S/C12H13FO4/c1-16-9-6-7(13)5-8(10(9)17-2)12(3-4-12)11(14)15/h5-6H,3-4H2,1-2H3,(H,14,15). The molecule has 0 radical (unpaired) electrons. The Bertz CT molecular complexity index is 466. The number of methoxy groups -OCH3 is 2. The Hall–Kier alpha value is -1.78. The largest absolute Gasteiger partial charge is 0.493 e. The fourth-order valence-corrected chi connectivity index (χ4v) is 2.01. The van der Waals surface area contributed by atoms with Crippen LogP contribution in [0.15, 0.2) is 12.1 Å². The van der Waals surface area contributed by atoms with Crippen molar-refractivity contribution in [3.63, 3.8) is 0 Å². The molecule has 0 saturated heterocycles. The van der Waals surface area contributed by atoms with Crippen molar-refractivity contribution >= 4 is 5.97 Å². The van der Waals surface area contributed by atoms with Crippen LogP contribution in [0.3, 0.4) is 0 Å². The Morgan fingerprint density at radius 1 is 1.35 bits per heavy atom. The van der Waals surface area contributed by atoms with E-state index in [2.05, 4.69) is 0 Å². The SMILES string of the molecule is COc1cc(F)cc(C2(C(=O)O)CC2)c1OC. The molecule has 1 N–H and O–H groups in total. The van der Waals surface area contributed by atoms with Crippen LogP contribution in [0.4, 0.5) is 4.39 Å². The van der Waals surface area contributed by atoms with Crippen LogP contribution in [-0.4, -0.2) is 25.3 Å². The van der Waals surface area contributed by atoms with Gasteiger partial charge in [0.25, 0.3) is 0 Å². The Kier molecular flexibility index (Phi) is 2.69. The minimum atomic E-state index is -1.01. The minimum Gasteiger partial charge on any atom is -0.493 e. The summed E-state index contributed by atoms with van der Waals surface area (Å²) in [5.41, 5.74) is -0.662. The van der Waals surface area contributed by atoms with Crippen LogP contribution < -0.4 is 9.47 Å². The van der Waals surface area contributed by atoms with Crippen molar-refractivity contribution in [1.82, 2.24) is 0 Å². The molecular formula is C12H13FO4. The number of rotatable bonds is 4. The summed E-state index contributed by atoms with van der Waals surface area (Å²) in [4.78, 5) is 11.2. The number of halogens is 1. The lowest BCUT2D eigenvalue weighted by Crippen LogP contribution is -2.20. The van der Waals surface area contributed by atoms with E-state index in [1.807, 2.05) is 0 Å². The highest BCUT2D eigenvalue weighted by Gasteiger charge is 2.54. The highest BCUT2D eigenvalue weighted by molar-refractivity contribution is 5.86. The molecule has 5 heteroatoms. The monoisotopic (exact) mass is 240 g/mol. The number of carboxylic acid groups (broad SMARTS) is 1. The molecule has 0 bridgehead atoms. The highest BCUT2D eigenvalue weighted by atomic mass is 19.1. The predicted octanol–water partition coefficient (Wildman–Crippen LogP) is 1.96. The highest BCUT2D eigenvalue weighted by Crippen LogP contribution is 2.53. The van der Waals surface area contributed by atoms with Gasteiger partial charge in [-0.2, -0.15) is 0 Å². The van der Waals surface area contributed by atoms with Gasteiger partial charge in [-0.15, -0.1) is 0 Å². The van der Waals surface area contributed by atoms with Crippen molar-refractivity contribution in [3.05, 3.63) is 23.5 Å². The van der Waals surface area contributed by atoms with Crippen LogP contribution in [-0.2, 0) is 10.2 Å². The van der Waals surface area contributed by atoms with Gasteiger partial charge in [0.15, 0.2) is 11.5 Å². The van der Waals surface area contributed by atoms with E-state index in [1.54, 1.807) is 0 Å². The molecule has 0 heterocycles. The van der Waals surface area contributed by atoms with E-state index in [0.717, 1.165) is 0 Å². The second-order valence-corrected chi connectivity index (χ2v) is 4.08. The zero-order chi connectivity index (χ0) is 12.6. The van der Waals surface area contributed by atoms with Gasteiger partial charge in [0.05, 0.1) is 19.6 Å². The number of hydrogen-bond acceptors (Lipinski definition) is 3. The van der Waals surface area contributed by atoms with Gasteiger partial charge in [0, 0.05) is 11.6 Å². The van der Waals surface area contributed by atoms with E-state index in [4.69, 9.17) is 9.47 Å². The van der Waals surface area contributed by atoms with E-state index in [9.17, 15) is 14.3 Å². The number of ether oxygens (including phenoxy) is 2. The van der Waals surface area contributed by atoms with Gasteiger partial charge in [-0.25, -0.2) is 4.39 Å². The average molecular weight is 240 g/mol. The molecule has 1 aliphatic rings. The van der Waals surface area contributed by atoms with Crippen molar-refractivity contribution in [2.75, 3.05) is 14.2 Å². The molecule has 1 fully saturated rings. The van der Waals surface area contributed by atoms with E-state index in [0.29, 0.717) is 24.2 Å².